The smallest absolute Gasteiger partial charge is 0.407 e. The van der Waals surface area contributed by atoms with Gasteiger partial charge in [-0.25, -0.2) is 4.79 Å². The van der Waals surface area contributed by atoms with Crippen molar-refractivity contribution in [2.45, 2.75) is 25.3 Å². The van der Waals surface area contributed by atoms with Crippen LogP contribution in [-0.2, 0) is 14.3 Å². The van der Waals surface area contributed by atoms with Crippen molar-refractivity contribution in [3.05, 3.63) is 59.7 Å². The first-order chi connectivity index (χ1) is 15.8. The summed E-state index contributed by atoms with van der Waals surface area (Å²) in [6.45, 7) is 2.63. The maximum Gasteiger partial charge on any atom is 0.407 e. The lowest BCUT2D eigenvalue weighted by atomic mass is 9.98. The van der Waals surface area contributed by atoms with Crippen LogP contribution in [-0.4, -0.2) is 79.3 Å². The Bertz CT molecular complexity index is 962. The second kappa shape index (κ2) is 11.0. The Labute approximate surface area is 194 Å². The SMILES string of the molecule is CCN(CCC(=O)O)C(=O)C(CN(C)C)NC(=O)OCC1c2ccccc2-c2ccccc21. The Balaban J connectivity index is 1.67. The highest BCUT2D eigenvalue weighted by atomic mass is 16.5. The number of fused-ring (bicyclic) bond motifs is 3. The molecule has 8 heteroatoms. The Hall–Kier alpha value is -3.39. The van der Waals surface area contributed by atoms with Gasteiger partial charge in [0.05, 0.1) is 6.42 Å². The van der Waals surface area contributed by atoms with E-state index in [4.69, 9.17) is 9.84 Å². The van der Waals surface area contributed by atoms with Crippen LogP contribution >= 0.6 is 0 Å². The molecule has 0 fully saturated rings. The van der Waals surface area contributed by atoms with E-state index in [-0.39, 0.29) is 37.9 Å². The van der Waals surface area contributed by atoms with Gasteiger partial charge in [0.15, 0.2) is 0 Å². The van der Waals surface area contributed by atoms with Crippen molar-refractivity contribution in [3.63, 3.8) is 0 Å². The first kappa shape index (κ1) is 24.3. The Kier molecular flexibility index (Phi) is 8.06. The van der Waals surface area contributed by atoms with E-state index in [2.05, 4.69) is 17.4 Å². The second-order valence-electron chi connectivity index (χ2n) is 8.35. The first-order valence-corrected chi connectivity index (χ1v) is 11.1. The van der Waals surface area contributed by atoms with Crippen molar-refractivity contribution in [1.29, 1.82) is 0 Å². The molecule has 0 aliphatic heterocycles. The summed E-state index contributed by atoms with van der Waals surface area (Å²) >= 11 is 0. The van der Waals surface area contributed by atoms with Crippen LogP contribution in [0.15, 0.2) is 48.5 Å². The molecule has 0 saturated heterocycles. The van der Waals surface area contributed by atoms with Gasteiger partial charge in [-0.3, -0.25) is 9.59 Å². The summed E-state index contributed by atoms with van der Waals surface area (Å²) in [5.74, 6) is -1.38. The molecule has 0 saturated carbocycles. The Morgan fingerprint density at radius 2 is 1.61 bits per heavy atom. The number of alkyl carbamates (subject to hydrolysis) is 1. The van der Waals surface area contributed by atoms with Crippen LogP contribution in [0, 0.1) is 0 Å². The van der Waals surface area contributed by atoms with Gasteiger partial charge in [0, 0.05) is 25.6 Å². The molecule has 8 nitrogen and oxygen atoms in total. The molecule has 0 aromatic heterocycles. The zero-order valence-electron chi connectivity index (χ0n) is 19.3. The molecule has 1 atom stereocenters. The first-order valence-electron chi connectivity index (χ1n) is 11.1. The number of ether oxygens (including phenoxy) is 1. The Morgan fingerprint density at radius 3 is 2.12 bits per heavy atom. The monoisotopic (exact) mass is 453 g/mol. The average Bonchev–Trinajstić information content (AvgIpc) is 3.11. The standard InChI is InChI=1S/C25H31N3O5/c1-4-28(14-13-23(29)30)24(31)22(15-27(2)3)26-25(32)33-16-21-19-11-7-5-9-17(19)18-10-6-8-12-20(18)21/h5-12,21-22H,4,13-16H2,1-3H3,(H,26,32)(H,29,30). The van der Waals surface area contributed by atoms with Crippen molar-refractivity contribution in [2.24, 2.45) is 0 Å². The lowest BCUT2D eigenvalue weighted by molar-refractivity contribution is -0.139. The lowest BCUT2D eigenvalue weighted by Gasteiger charge is -2.28. The summed E-state index contributed by atoms with van der Waals surface area (Å²) in [6, 6.07) is 15.3. The number of carbonyl (C=O) groups is 3. The molecule has 0 bridgehead atoms. The molecule has 0 heterocycles. The van der Waals surface area contributed by atoms with E-state index in [1.165, 1.54) is 4.90 Å². The zero-order chi connectivity index (χ0) is 24.0. The van der Waals surface area contributed by atoms with E-state index in [0.717, 1.165) is 22.3 Å². The molecule has 0 radical (unpaired) electrons. The fourth-order valence-electron chi connectivity index (χ4n) is 4.21. The van der Waals surface area contributed by atoms with Crippen LogP contribution in [0.1, 0.15) is 30.4 Å². The number of hydrogen-bond donors (Lipinski definition) is 2. The summed E-state index contributed by atoms with van der Waals surface area (Å²) in [4.78, 5) is 39.8. The molecule has 2 N–H and O–H groups in total. The van der Waals surface area contributed by atoms with Crippen LogP contribution in [0.25, 0.3) is 11.1 Å². The quantitative estimate of drug-likeness (QED) is 0.574. The van der Waals surface area contributed by atoms with Crippen LogP contribution in [0.4, 0.5) is 4.79 Å². The van der Waals surface area contributed by atoms with Crippen molar-refractivity contribution in [1.82, 2.24) is 15.1 Å². The number of amides is 2. The van der Waals surface area contributed by atoms with Crippen molar-refractivity contribution >= 4 is 18.0 Å². The van der Waals surface area contributed by atoms with E-state index in [9.17, 15) is 14.4 Å². The maximum atomic E-state index is 13.0. The molecule has 176 valence electrons. The highest BCUT2D eigenvalue weighted by Gasteiger charge is 2.30. The number of carboxylic acids is 1. The van der Waals surface area contributed by atoms with E-state index < -0.39 is 18.1 Å². The number of carbonyl (C=O) groups excluding carboxylic acids is 2. The molecule has 2 aromatic rings. The number of aliphatic carboxylic acids is 1. The molecular weight excluding hydrogens is 422 g/mol. The van der Waals surface area contributed by atoms with Crippen molar-refractivity contribution < 1.29 is 24.2 Å². The fourth-order valence-corrected chi connectivity index (χ4v) is 4.21. The minimum atomic E-state index is -0.977. The molecule has 1 unspecified atom stereocenters. The molecule has 1 aliphatic rings. The molecule has 33 heavy (non-hydrogen) atoms. The zero-order valence-corrected chi connectivity index (χ0v) is 19.3. The minimum Gasteiger partial charge on any atom is -0.481 e. The maximum absolute atomic E-state index is 13.0. The van der Waals surface area contributed by atoms with E-state index in [0.29, 0.717) is 6.54 Å². The molecule has 2 aromatic carbocycles. The van der Waals surface area contributed by atoms with Crippen LogP contribution in [0.5, 0.6) is 0 Å². The topological polar surface area (TPSA) is 99.2 Å². The van der Waals surface area contributed by atoms with Gasteiger partial charge in [-0.2, -0.15) is 0 Å². The second-order valence-corrected chi connectivity index (χ2v) is 8.35. The molecule has 1 aliphatic carbocycles. The normalized spacial score (nSPS) is 13.2. The van der Waals surface area contributed by atoms with Crippen molar-refractivity contribution in [2.75, 3.05) is 40.3 Å². The van der Waals surface area contributed by atoms with Gasteiger partial charge < -0.3 is 25.0 Å². The average molecular weight is 454 g/mol. The van der Waals surface area contributed by atoms with Gasteiger partial charge >= 0.3 is 12.1 Å². The third-order valence-electron chi connectivity index (χ3n) is 5.77. The number of nitrogens with one attached hydrogen (secondary N) is 1. The fraction of sp³-hybridized carbons (Fsp3) is 0.400. The summed E-state index contributed by atoms with van der Waals surface area (Å²) in [5, 5.41) is 11.6. The highest BCUT2D eigenvalue weighted by Crippen LogP contribution is 2.44. The van der Waals surface area contributed by atoms with Crippen LogP contribution in [0.3, 0.4) is 0 Å². The number of benzene rings is 2. The van der Waals surface area contributed by atoms with Gasteiger partial charge in [-0.15, -0.1) is 0 Å². The number of nitrogens with zero attached hydrogens (tertiary/aromatic N) is 2. The van der Waals surface area contributed by atoms with E-state index in [1.807, 2.05) is 36.4 Å². The van der Waals surface area contributed by atoms with Crippen LogP contribution in [0.2, 0.25) is 0 Å². The predicted molar refractivity (Wildman–Crippen MR) is 125 cm³/mol. The van der Waals surface area contributed by atoms with Crippen molar-refractivity contribution in [3.8, 4) is 11.1 Å². The molecule has 0 spiro atoms. The third kappa shape index (κ3) is 5.90. The highest BCUT2D eigenvalue weighted by molar-refractivity contribution is 5.86. The number of likely N-dealkylation sites (N-methyl/N-ethyl adjacent to an activating group) is 2. The largest absolute Gasteiger partial charge is 0.481 e. The molecule has 3 rings (SSSR count). The van der Waals surface area contributed by atoms with Gasteiger partial charge in [-0.1, -0.05) is 48.5 Å². The Morgan fingerprint density at radius 1 is 1.03 bits per heavy atom. The van der Waals surface area contributed by atoms with E-state index >= 15 is 0 Å². The summed E-state index contributed by atoms with van der Waals surface area (Å²) in [6.07, 6.45) is -0.828. The summed E-state index contributed by atoms with van der Waals surface area (Å²) < 4.78 is 5.58. The van der Waals surface area contributed by atoms with Gasteiger partial charge in [0.1, 0.15) is 12.6 Å². The number of hydrogen-bond acceptors (Lipinski definition) is 5. The number of carboxylic acid groups (broad SMARTS) is 1. The summed E-state index contributed by atoms with van der Waals surface area (Å²) in [5.41, 5.74) is 4.50. The lowest BCUT2D eigenvalue weighted by Crippen LogP contribution is -2.53. The van der Waals surface area contributed by atoms with Crippen LogP contribution < -0.4 is 5.32 Å². The van der Waals surface area contributed by atoms with Gasteiger partial charge in [0.25, 0.3) is 0 Å². The number of rotatable bonds is 10. The molecule has 2 amide bonds. The summed E-state index contributed by atoms with van der Waals surface area (Å²) in [7, 11) is 3.60. The predicted octanol–water partition coefficient (Wildman–Crippen LogP) is 2.78. The van der Waals surface area contributed by atoms with Gasteiger partial charge in [0.2, 0.25) is 5.91 Å². The third-order valence-corrected chi connectivity index (χ3v) is 5.77. The van der Waals surface area contributed by atoms with Gasteiger partial charge in [-0.05, 0) is 43.3 Å². The van der Waals surface area contributed by atoms with E-state index in [1.54, 1.807) is 25.9 Å². The molecular formula is C25H31N3O5. The minimum absolute atomic E-state index is 0.0751.